The number of aromatic nitrogens is 4. The van der Waals surface area contributed by atoms with Crippen LogP contribution >= 0.6 is 11.8 Å². The maximum atomic E-state index is 9.19. The number of fused-ring (bicyclic) bond motifs is 1. The molecule has 3 aromatic rings. The second kappa shape index (κ2) is 6.55. The third-order valence-corrected chi connectivity index (χ3v) is 4.77. The van der Waals surface area contributed by atoms with Crippen LogP contribution < -0.4 is 4.90 Å². The number of benzene rings is 1. The Kier molecular flexibility index (Phi) is 4.49. The number of aliphatic hydroxyl groups excluding tert-OH is 1. The third-order valence-electron chi connectivity index (χ3n) is 3.70. The molecule has 0 unspecified atom stereocenters. The third kappa shape index (κ3) is 3.02. The van der Waals surface area contributed by atoms with Gasteiger partial charge in [-0.2, -0.15) is 0 Å². The van der Waals surface area contributed by atoms with Crippen LogP contribution in [0.5, 0.6) is 0 Å². The number of anilines is 1. The molecule has 23 heavy (non-hydrogen) atoms. The van der Waals surface area contributed by atoms with E-state index in [2.05, 4.69) is 27.3 Å². The van der Waals surface area contributed by atoms with Gasteiger partial charge < -0.3 is 14.6 Å². The lowest BCUT2D eigenvalue weighted by Gasteiger charge is -2.16. The topological polar surface area (TPSA) is 67.1 Å². The van der Waals surface area contributed by atoms with Gasteiger partial charge in [-0.25, -0.2) is 4.98 Å². The highest BCUT2D eigenvalue weighted by Crippen LogP contribution is 2.30. The zero-order valence-corrected chi connectivity index (χ0v) is 14.2. The first kappa shape index (κ1) is 15.8. The van der Waals surface area contributed by atoms with E-state index in [-0.39, 0.29) is 6.61 Å². The normalized spacial score (nSPS) is 11.1. The van der Waals surface area contributed by atoms with Crippen LogP contribution in [0.1, 0.15) is 11.4 Å². The van der Waals surface area contributed by atoms with Crippen LogP contribution in [-0.2, 0) is 19.4 Å². The van der Waals surface area contributed by atoms with Crippen molar-refractivity contribution in [1.82, 2.24) is 19.7 Å². The Balaban J connectivity index is 1.91. The Morgan fingerprint density at radius 2 is 1.91 bits per heavy atom. The second-order valence-corrected chi connectivity index (χ2v) is 6.39. The summed E-state index contributed by atoms with van der Waals surface area (Å²) in [5, 5.41) is 20.4. The molecule has 0 radical (unpaired) electrons. The van der Waals surface area contributed by atoms with Gasteiger partial charge >= 0.3 is 0 Å². The number of hydrogen-bond acceptors (Lipinski definition) is 6. The highest BCUT2D eigenvalue weighted by Gasteiger charge is 2.12. The molecule has 0 atom stereocenters. The predicted octanol–water partition coefficient (Wildman–Crippen LogP) is 2.21. The van der Waals surface area contributed by atoms with Gasteiger partial charge in [0.2, 0.25) is 0 Å². The predicted molar refractivity (Wildman–Crippen MR) is 92.6 cm³/mol. The van der Waals surface area contributed by atoms with Crippen LogP contribution in [0.4, 0.5) is 5.82 Å². The van der Waals surface area contributed by atoms with E-state index in [4.69, 9.17) is 0 Å². The number of pyridine rings is 1. The largest absolute Gasteiger partial charge is 0.388 e. The van der Waals surface area contributed by atoms with Crippen LogP contribution in [-0.4, -0.2) is 39.0 Å². The molecule has 3 rings (SSSR count). The van der Waals surface area contributed by atoms with E-state index in [1.54, 1.807) is 11.8 Å². The van der Waals surface area contributed by atoms with Crippen molar-refractivity contribution in [2.45, 2.75) is 17.5 Å². The van der Waals surface area contributed by atoms with Gasteiger partial charge in [0.15, 0.2) is 11.0 Å². The molecule has 0 fully saturated rings. The van der Waals surface area contributed by atoms with E-state index in [1.807, 2.05) is 48.9 Å². The molecule has 0 saturated heterocycles. The molecule has 0 bridgehead atoms. The maximum absolute atomic E-state index is 9.19. The lowest BCUT2D eigenvalue weighted by Crippen LogP contribution is -2.11. The van der Waals surface area contributed by atoms with Crippen LogP contribution in [0.2, 0.25) is 0 Å². The maximum Gasteiger partial charge on any atom is 0.191 e. The van der Waals surface area contributed by atoms with Gasteiger partial charge in [0.05, 0.1) is 0 Å². The molecule has 0 aliphatic heterocycles. The average molecular weight is 329 g/mol. The molecular weight excluding hydrogens is 310 g/mol. The number of hydrogen-bond donors (Lipinski definition) is 1. The van der Waals surface area contributed by atoms with Crippen molar-refractivity contribution in [3.63, 3.8) is 0 Å². The van der Waals surface area contributed by atoms with Crippen molar-refractivity contribution in [3.8, 4) is 0 Å². The van der Waals surface area contributed by atoms with Crippen molar-refractivity contribution < 1.29 is 5.11 Å². The minimum atomic E-state index is -0.105. The van der Waals surface area contributed by atoms with Gasteiger partial charge in [0.25, 0.3) is 0 Å². The Hall–Kier alpha value is -2.12. The van der Waals surface area contributed by atoms with Gasteiger partial charge in [-0.15, -0.1) is 10.2 Å². The Labute approximate surface area is 139 Å². The lowest BCUT2D eigenvalue weighted by atomic mass is 10.1. The highest BCUT2D eigenvalue weighted by atomic mass is 32.2. The zero-order chi connectivity index (χ0) is 16.4. The fraction of sp³-hybridized carbons (Fsp3) is 0.312. The fourth-order valence-corrected chi connectivity index (χ4v) is 3.37. The summed E-state index contributed by atoms with van der Waals surface area (Å²) >= 11 is 1.59. The summed E-state index contributed by atoms with van der Waals surface area (Å²) in [6.45, 7) is -0.105. The van der Waals surface area contributed by atoms with E-state index in [0.717, 1.165) is 27.7 Å². The van der Waals surface area contributed by atoms with Crippen molar-refractivity contribution in [2.75, 3.05) is 19.0 Å². The van der Waals surface area contributed by atoms with E-state index in [1.165, 1.54) is 5.39 Å². The Bertz CT molecular complexity index is 830. The summed E-state index contributed by atoms with van der Waals surface area (Å²) in [4.78, 5) is 6.62. The van der Waals surface area contributed by atoms with E-state index < -0.39 is 0 Å². The zero-order valence-electron chi connectivity index (χ0n) is 13.4. The molecule has 120 valence electrons. The van der Waals surface area contributed by atoms with E-state index >= 15 is 0 Å². The molecule has 0 amide bonds. The van der Waals surface area contributed by atoms with Crippen molar-refractivity contribution in [2.24, 2.45) is 7.05 Å². The lowest BCUT2D eigenvalue weighted by molar-refractivity contribution is 0.266. The van der Waals surface area contributed by atoms with Crippen LogP contribution in [0.3, 0.4) is 0 Å². The van der Waals surface area contributed by atoms with Crippen LogP contribution in [0, 0.1) is 0 Å². The fourth-order valence-electron chi connectivity index (χ4n) is 2.46. The van der Waals surface area contributed by atoms with Crippen molar-refractivity contribution in [1.29, 1.82) is 0 Å². The summed E-state index contributed by atoms with van der Waals surface area (Å²) in [6.07, 6.45) is 1.92. The summed E-state index contributed by atoms with van der Waals surface area (Å²) in [5.74, 6) is 2.28. The molecule has 0 aliphatic carbocycles. The van der Waals surface area contributed by atoms with Gasteiger partial charge in [-0.3, -0.25) is 0 Å². The molecule has 2 heterocycles. The number of thioether (sulfide) groups is 1. The number of nitrogens with zero attached hydrogens (tertiary/aromatic N) is 5. The molecule has 1 aromatic carbocycles. The second-order valence-electron chi connectivity index (χ2n) is 5.45. The molecule has 1 N–H and O–H groups in total. The van der Waals surface area contributed by atoms with Gasteiger partial charge in [0, 0.05) is 38.5 Å². The first-order chi connectivity index (χ1) is 11.1. The van der Waals surface area contributed by atoms with Crippen molar-refractivity contribution in [3.05, 3.63) is 41.9 Å². The molecular formula is C16H19N5OS. The highest BCUT2D eigenvalue weighted by molar-refractivity contribution is 7.98. The molecule has 0 aliphatic rings. The minimum absolute atomic E-state index is 0.105. The first-order valence-electron chi connectivity index (χ1n) is 7.27. The van der Waals surface area contributed by atoms with E-state index in [0.29, 0.717) is 5.82 Å². The number of rotatable bonds is 5. The summed E-state index contributed by atoms with van der Waals surface area (Å²) in [7, 11) is 5.86. The van der Waals surface area contributed by atoms with Gasteiger partial charge in [-0.05, 0) is 10.9 Å². The van der Waals surface area contributed by atoms with Crippen LogP contribution in [0.25, 0.3) is 10.8 Å². The molecule has 0 saturated carbocycles. The Morgan fingerprint density at radius 1 is 1.17 bits per heavy atom. The molecule has 2 aromatic heterocycles. The molecule has 0 spiro atoms. The molecule has 6 nitrogen and oxygen atoms in total. The monoisotopic (exact) mass is 329 g/mol. The van der Waals surface area contributed by atoms with Gasteiger partial charge in [0.1, 0.15) is 12.4 Å². The summed E-state index contributed by atoms with van der Waals surface area (Å²) in [6, 6.07) is 8.29. The SMILES string of the molecule is CN(C)c1ncc(CSc2nnc(CO)n2C)c2ccccc12. The Morgan fingerprint density at radius 3 is 2.57 bits per heavy atom. The van der Waals surface area contributed by atoms with Crippen LogP contribution in [0.15, 0.2) is 35.6 Å². The minimum Gasteiger partial charge on any atom is -0.388 e. The first-order valence-corrected chi connectivity index (χ1v) is 8.26. The van der Waals surface area contributed by atoms with Crippen molar-refractivity contribution >= 4 is 28.4 Å². The average Bonchev–Trinajstić information content (AvgIpc) is 2.92. The smallest absolute Gasteiger partial charge is 0.191 e. The summed E-state index contributed by atoms with van der Waals surface area (Å²) in [5.41, 5.74) is 1.16. The molecule has 7 heteroatoms. The quantitative estimate of drug-likeness (QED) is 0.724. The summed E-state index contributed by atoms with van der Waals surface area (Å²) < 4.78 is 1.81. The van der Waals surface area contributed by atoms with Gasteiger partial charge in [-0.1, -0.05) is 36.0 Å². The van der Waals surface area contributed by atoms with E-state index in [9.17, 15) is 5.11 Å². The number of aliphatic hydroxyl groups is 1. The standard InChI is InChI=1S/C16H19N5OS/c1-20(2)15-13-7-5-4-6-12(13)11(8-17-15)10-23-16-19-18-14(9-22)21(16)3/h4-8,22H,9-10H2,1-3H3.